The zero-order valence-electron chi connectivity index (χ0n) is 13.9. The fraction of sp³-hybridized carbons (Fsp3) is 0.444. The first kappa shape index (κ1) is 15.6. The van der Waals surface area contributed by atoms with Gasteiger partial charge in [0.15, 0.2) is 0 Å². The number of carbonyl (C=O) groups excluding carboxylic acids is 1. The molecule has 1 aromatic carbocycles. The third kappa shape index (κ3) is 2.96. The predicted molar refractivity (Wildman–Crippen MR) is 88.3 cm³/mol. The molecule has 0 bridgehead atoms. The normalized spacial score (nSPS) is 16.7. The summed E-state index contributed by atoms with van der Waals surface area (Å²) in [5, 5.41) is 7.40. The van der Waals surface area contributed by atoms with Crippen LogP contribution in [-0.4, -0.2) is 22.8 Å². The molecule has 1 aliphatic carbocycles. The number of nitrogens with zero attached hydrogens (tertiary/aromatic N) is 2. The molecule has 1 heterocycles. The minimum atomic E-state index is -0.373. The molecule has 0 spiro atoms. The second-order valence-electron chi connectivity index (χ2n) is 6.19. The monoisotopic (exact) mass is 313 g/mol. The quantitative estimate of drug-likeness (QED) is 0.892. The number of benzene rings is 1. The Morgan fingerprint density at radius 3 is 2.57 bits per heavy atom. The summed E-state index contributed by atoms with van der Waals surface area (Å²) < 4.78 is 6.96. The van der Waals surface area contributed by atoms with Gasteiger partial charge in [0.05, 0.1) is 24.8 Å². The van der Waals surface area contributed by atoms with Gasteiger partial charge in [0.2, 0.25) is 5.91 Å². The maximum absolute atomic E-state index is 12.9. The second kappa shape index (κ2) is 6.07. The number of hydrogen-bond donors (Lipinski definition) is 1. The molecule has 1 atom stereocenters. The average molecular weight is 313 g/mol. The van der Waals surface area contributed by atoms with Crippen molar-refractivity contribution < 1.29 is 9.53 Å². The second-order valence-corrected chi connectivity index (χ2v) is 6.19. The highest BCUT2D eigenvalue weighted by atomic mass is 16.5. The third-order valence-electron chi connectivity index (χ3n) is 4.67. The van der Waals surface area contributed by atoms with Gasteiger partial charge in [-0.25, -0.2) is 0 Å². The number of ether oxygens (including phenoxy) is 1. The van der Waals surface area contributed by atoms with Gasteiger partial charge in [-0.1, -0.05) is 19.1 Å². The Balaban J connectivity index is 1.76. The van der Waals surface area contributed by atoms with Gasteiger partial charge in [-0.15, -0.1) is 0 Å². The molecule has 1 fully saturated rings. The lowest BCUT2D eigenvalue weighted by molar-refractivity contribution is -0.124. The molecule has 5 heteroatoms. The molecule has 23 heavy (non-hydrogen) atoms. The maximum Gasteiger partial charge on any atom is 0.231 e. The fourth-order valence-electron chi connectivity index (χ4n) is 3.02. The van der Waals surface area contributed by atoms with Crippen LogP contribution in [-0.2, 0) is 17.3 Å². The Morgan fingerprint density at radius 1 is 1.39 bits per heavy atom. The molecule has 0 aliphatic heterocycles. The van der Waals surface area contributed by atoms with E-state index in [9.17, 15) is 4.79 Å². The summed E-state index contributed by atoms with van der Waals surface area (Å²) >= 11 is 0. The highest BCUT2D eigenvalue weighted by Crippen LogP contribution is 2.49. The van der Waals surface area contributed by atoms with Crippen molar-refractivity contribution >= 4 is 5.91 Å². The predicted octanol–water partition coefficient (Wildman–Crippen LogP) is 2.73. The van der Waals surface area contributed by atoms with Gasteiger partial charge in [-0.2, -0.15) is 5.10 Å². The lowest BCUT2D eigenvalue weighted by Crippen LogP contribution is -2.37. The van der Waals surface area contributed by atoms with Gasteiger partial charge in [-0.3, -0.25) is 9.48 Å². The zero-order valence-corrected chi connectivity index (χ0v) is 13.9. The summed E-state index contributed by atoms with van der Waals surface area (Å²) in [7, 11) is 3.53. The van der Waals surface area contributed by atoms with Crippen molar-refractivity contribution in [2.45, 2.75) is 37.6 Å². The summed E-state index contributed by atoms with van der Waals surface area (Å²) in [4.78, 5) is 12.9. The molecule has 0 saturated heterocycles. The Labute approximate surface area is 136 Å². The molecule has 2 aromatic rings. The van der Waals surface area contributed by atoms with Gasteiger partial charge in [-0.05, 0) is 37.0 Å². The first-order valence-corrected chi connectivity index (χ1v) is 8.03. The minimum absolute atomic E-state index is 0.00641. The summed E-state index contributed by atoms with van der Waals surface area (Å²) in [5.41, 5.74) is 1.74. The molecule has 1 aliphatic rings. The van der Waals surface area contributed by atoms with Crippen LogP contribution in [0.25, 0.3) is 0 Å². The molecule has 1 N–H and O–H groups in total. The van der Waals surface area contributed by atoms with Crippen molar-refractivity contribution in [1.29, 1.82) is 0 Å². The highest BCUT2D eigenvalue weighted by molar-refractivity contribution is 5.91. The number of aryl methyl sites for hydroxylation is 1. The van der Waals surface area contributed by atoms with E-state index in [1.807, 2.05) is 43.7 Å². The lowest BCUT2D eigenvalue weighted by atomic mass is 9.94. The Hall–Kier alpha value is -2.30. The molecule has 3 rings (SSSR count). The van der Waals surface area contributed by atoms with Crippen molar-refractivity contribution in [3.63, 3.8) is 0 Å². The first-order chi connectivity index (χ1) is 11.1. The van der Waals surface area contributed by atoms with Crippen molar-refractivity contribution in [2.75, 3.05) is 7.11 Å². The topological polar surface area (TPSA) is 56.1 Å². The molecule has 1 unspecified atom stereocenters. The maximum atomic E-state index is 12.9. The van der Waals surface area contributed by atoms with Gasteiger partial charge < -0.3 is 10.1 Å². The van der Waals surface area contributed by atoms with E-state index < -0.39 is 0 Å². The van der Waals surface area contributed by atoms with Crippen LogP contribution in [0.2, 0.25) is 0 Å². The van der Waals surface area contributed by atoms with E-state index in [1.54, 1.807) is 11.8 Å². The van der Waals surface area contributed by atoms with E-state index in [0.717, 1.165) is 36.1 Å². The molecule has 0 radical (unpaired) electrons. The molecule has 122 valence electrons. The Morgan fingerprint density at radius 2 is 2.09 bits per heavy atom. The summed E-state index contributed by atoms with van der Waals surface area (Å²) in [6.07, 6.45) is 6.42. The van der Waals surface area contributed by atoms with Crippen LogP contribution in [0.15, 0.2) is 36.7 Å². The van der Waals surface area contributed by atoms with E-state index >= 15 is 0 Å². The molecule has 5 nitrogen and oxygen atoms in total. The summed E-state index contributed by atoms with van der Waals surface area (Å²) in [5.74, 6) is 0.921. The van der Waals surface area contributed by atoms with E-state index in [2.05, 4.69) is 17.3 Å². The average Bonchev–Trinajstić information content (AvgIpc) is 3.28. The Kier molecular flexibility index (Phi) is 4.11. The van der Waals surface area contributed by atoms with Gasteiger partial charge >= 0.3 is 0 Å². The number of aromatic nitrogens is 2. The molecule has 1 aromatic heterocycles. The number of methoxy groups -OCH3 is 1. The number of carbonyl (C=O) groups is 1. The van der Waals surface area contributed by atoms with Gasteiger partial charge in [0.25, 0.3) is 0 Å². The van der Waals surface area contributed by atoms with Crippen LogP contribution in [0.4, 0.5) is 0 Å². The standard InChI is InChI=1S/C18H23N3O2/c1-4-16(13-11-19-21(2)12-13)20-17(22)18(9-10-18)14-5-7-15(23-3)8-6-14/h5-8,11-12,16H,4,9-10H2,1-3H3,(H,20,22). The van der Waals surface area contributed by atoms with Crippen LogP contribution < -0.4 is 10.1 Å². The number of rotatable bonds is 6. The lowest BCUT2D eigenvalue weighted by Gasteiger charge is -2.21. The van der Waals surface area contributed by atoms with Crippen molar-refractivity contribution in [2.24, 2.45) is 7.05 Å². The van der Waals surface area contributed by atoms with E-state index in [4.69, 9.17) is 4.74 Å². The number of amides is 1. The van der Waals surface area contributed by atoms with E-state index in [-0.39, 0.29) is 17.4 Å². The highest BCUT2D eigenvalue weighted by Gasteiger charge is 2.51. The fourth-order valence-corrected chi connectivity index (χ4v) is 3.02. The molecular formula is C18H23N3O2. The summed E-state index contributed by atoms with van der Waals surface area (Å²) in [6.45, 7) is 2.07. The first-order valence-electron chi connectivity index (χ1n) is 8.03. The number of nitrogens with one attached hydrogen (secondary N) is 1. The minimum Gasteiger partial charge on any atom is -0.497 e. The van der Waals surface area contributed by atoms with Crippen molar-refractivity contribution in [3.8, 4) is 5.75 Å². The largest absolute Gasteiger partial charge is 0.497 e. The number of hydrogen-bond acceptors (Lipinski definition) is 3. The third-order valence-corrected chi connectivity index (χ3v) is 4.67. The van der Waals surface area contributed by atoms with Crippen LogP contribution in [0.3, 0.4) is 0 Å². The molecular weight excluding hydrogens is 290 g/mol. The zero-order chi connectivity index (χ0) is 16.4. The van der Waals surface area contributed by atoms with Crippen molar-refractivity contribution in [1.82, 2.24) is 15.1 Å². The Bertz CT molecular complexity index is 687. The molecule has 1 amide bonds. The SMILES string of the molecule is CCC(NC(=O)C1(c2ccc(OC)cc2)CC1)c1cnn(C)c1. The molecule has 1 saturated carbocycles. The van der Waals surface area contributed by atoms with Crippen LogP contribution in [0, 0.1) is 0 Å². The summed E-state index contributed by atoms with van der Waals surface area (Å²) in [6, 6.07) is 7.83. The van der Waals surface area contributed by atoms with Gasteiger partial charge in [0.1, 0.15) is 5.75 Å². The van der Waals surface area contributed by atoms with E-state index in [0.29, 0.717) is 0 Å². The smallest absolute Gasteiger partial charge is 0.231 e. The van der Waals surface area contributed by atoms with Crippen LogP contribution >= 0.6 is 0 Å². The van der Waals surface area contributed by atoms with Crippen LogP contribution in [0.5, 0.6) is 5.75 Å². The van der Waals surface area contributed by atoms with Crippen molar-refractivity contribution in [3.05, 3.63) is 47.8 Å². The van der Waals surface area contributed by atoms with Gasteiger partial charge in [0, 0.05) is 18.8 Å². The van der Waals surface area contributed by atoms with E-state index in [1.165, 1.54) is 0 Å². The van der Waals surface area contributed by atoms with Crippen LogP contribution in [0.1, 0.15) is 43.4 Å².